The molecule has 0 spiro atoms. The number of aliphatic hydroxyl groups excluding tert-OH is 2. The molecule has 0 heterocycles. The number of phosphoric ester groups is 2. The summed E-state index contributed by atoms with van der Waals surface area (Å²) in [7, 11) is -9.78. The molecule has 5 atom stereocenters. The van der Waals surface area contributed by atoms with Crippen LogP contribution in [0, 0.1) is 0 Å². The Labute approximate surface area is 564 Å². The fourth-order valence-electron chi connectivity index (χ4n) is 9.49. The van der Waals surface area contributed by atoms with Gasteiger partial charge in [0.1, 0.15) is 25.4 Å². The highest BCUT2D eigenvalue weighted by atomic mass is 31.2. The van der Waals surface area contributed by atoms with Crippen molar-refractivity contribution in [2.24, 2.45) is 0 Å². The molecule has 16 nitrogen and oxygen atoms in total. The summed E-state index contributed by atoms with van der Waals surface area (Å²) in [6.45, 7) is 2.42. The molecule has 5 unspecified atom stereocenters. The number of hydrogen-bond donors (Lipinski definition) is 4. The van der Waals surface area contributed by atoms with Crippen molar-refractivity contribution in [2.75, 3.05) is 39.6 Å². The van der Waals surface area contributed by atoms with E-state index in [1.54, 1.807) is 0 Å². The molecule has 18 heteroatoms. The number of aliphatic hydroxyl groups is 2. The van der Waals surface area contributed by atoms with Crippen LogP contribution in [0.4, 0.5) is 0 Å². The van der Waals surface area contributed by atoms with Crippen molar-refractivity contribution in [3.8, 4) is 0 Å². The summed E-state index contributed by atoms with van der Waals surface area (Å²) < 4.78 is 60.9. The molecule has 0 rings (SSSR count). The standard InChI is InChI=1S/C75H130O16P2/c1-4-7-10-13-16-19-22-25-28-29-30-31-32-33-34-35-36-37-38-39-42-44-46-49-52-55-58-61-73(78)85-64-70(76)65-87-92(81,82)88-66-71(77)67-89-93(83,84)90-69-72(91-75(80)63-60-57-54-51-48-45-41-27-24-21-18-15-12-9-6-3)68-86-74(79)62-59-56-53-50-47-43-40-26-23-20-17-14-11-8-5-2/h7-8,10-11,16-17,19-20,25-28,30-31,33-34,40-41,70-72,76-77H,4-6,9,12-15,18,21-24,29,32,35-39,42-69H2,1-3H3,(H,81,82)(H,83,84)/b10-7-,11-8-,19-16-,20-17-,28-25-,31-30-,34-33-,40-26-,41-27-. The Bertz CT molecular complexity index is 2130. The molecule has 0 aliphatic heterocycles. The van der Waals surface area contributed by atoms with Crippen molar-refractivity contribution in [3.05, 3.63) is 109 Å². The van der Waals surface area contributed by atoms with Crippen LogP contribution in [0.2, 0.25) is 0 Å². The third kappa shape index (κ3) is 69.4. The zero-order chi connectivity index (χ0) is 68.1. The van der Waals surface area contributed by atoms with Crippen molar-refractivity contribution in [1.29, 1.82) is 0 Å². The number of esters is 3. The summed E-state index contributed by atoms with van der Waals surface area (Å²) in [5, 5.41) is 20.6. The molecule has 93 heavy (non-hydrogen) atoms. The third-order valence-electron chi connectivity index (χ3n) is 15.0. The minimum absolute atomic E-state index is 0.0904. The Morgan fingerprint density at radius 2 is 0.570 bits per heavy atom. The summed E-state index contributed by atoms with van der Waals surface area (Å²) in [4.78, 5) is 58.4. The van der Waals surface area contributed by atoms with Crippen molar-refractivity contribution in [3.63, 3.8) is 0 Å². The van der Waals surface area contributed by atoms with E-state index >= 15 is 0 Å². The smallest absolute Gasteiger partial charge is 0.463 e. The van der Waals surface area contributed by atoms with E-state index < -0.39 is 91.5 Å². The average Bonchev–Trinajstić information content (AvgIpc) is 3.71. The summed E-state index contributed by atoms with van der Waals surface area (Å²) in [5.41, 5.74) is 0. The van der Waals surface area contributed by atoms with Crippen LogP contribution in [0.5, 0.6) is 0 Å². The number of hydrogen-bond acceptors (Lipinski definition) is 14. The van der Waals surface area contributed by atoms with Gasteiger partial charge in [-0.15, -0.1) is 0 Å². The minimum Gasteiger partial charge on any atom is -0.463 e. The summed E-state index contributed by atoms with van der Waals surface area (Å²) >= 11 is 0. The first-order chi connectivity index (χ1) is 45.2. The van der Waals surface area contributed by atoms with Crippen molar-refractivity contribution >= 4 is 33.6 Å². The Kier molecular flexibility index (Phi) is 65.4. The van der Waals surface area contributed by atoms with E-state index in [1.807, 2.05) is 0 Å². The fraction of sp³-hybridized carbons (Fsp3) is 0.720. The van der Waals surface area contributed by atoms with Gasteiger partial charge in [0.05, 0.1) is 26.4 Å². The minimum atomic E-state index is -4.93. The quantitative estimate of drug-likeness (QED) is 0.0146. The lowest BCUT2D eigenvalue weighted by Crippen LogP contribution is -2.30. The summed E-state index contributed by atoms with van der Waals surface area (Å²) in [5.74, 6) is -1.60. The van der Waals surface area contributed by atoms with Crippen LogP contribution >= 0.6 is 15.6 Å². The van der Waals surface area contributed by atoms with E-state index in [0.717, 1.165) is 148 Å². The van der Waals surface area contributed by atoms with Crippen molar-refractivity contribution < 1.29 is 75.8 Å². The van der Waals surface area contributed by atoms with E-state index in [4.69, 9.17) is 32.3 Å². The lowest BCUT2D eigenvalue weighted by atomic mass is 10.0. The number of rotatable bonds is 68. The average molecular weight is 1350 g/mol. The molecule has 4 N–H and O–H groups in total. The molecule has 0 saturated heterocycles. The topological polar surface area (TPSA) is 231 Å². The summed E-state index contributed by atoms with van der Waals surface area (Å²) in [6.07, 6.45) is 77.1. The highest BCUT2D eigenvalue weighted by Gasteiger charge is 2.29. The zero-order valence-corrected chi connectivity index (χ0v) is 59.9. The Hall–Kier alpha value is -3.79. The predicted octanol–water partition coefficient (Wildman–Crippen LogP) is 20.4. The van der Waals surface area contributed by atoms with Crippen LogP contribution < -0.4 is 0 Å². The Morgan fingerprint density at radius 1 is 0.312 bits per heavy atom. The van der Waals surface area contributed by atoms with E-state index in [9.17, 15) is 43.5 Å². The van der Waals surface area contributed by atoms with Crippen LogP contribution in [-0.2, 0) is 55.8 Å². The number of allylic oxidation sites excluding steroid dienone is 18. The molecule has 0 saturated carbocycles. The first-order valence-corrected chi connectivity index (χ1v) is 39.2. The number of carbonyl (C=O) groups is 3. The molecular formula is C75H130O16P2. The van der Waals surface area contributed by atoms with Gasteiger partial charge in [0.25, 0.3) is 0 Å². The van der Waals surface area contributed by atoms with E-state index in [2.05, 4.69) is 130 Å². The first kappa shape index (κ1) is 89.2. The molecule has 0 radical (unpaired) electrons. The summed E-state index contributed by atoms with van der Waals surface area (Å²) in [6, 6.07) is 0. The van der Waals surface area contributed by atoms with Gasteiger partial charge in [-0.2, -0.15) is 0 Å². The molecule has 0 bridgehead atoms. The second kappa shape index (κ2) is 68.2. The van der Waals surface area contributed by atoms with E-state index in [-0.39, 0.29) is 19.3 Å². The van der Waals surface area contributed by atoms with E-state index in [1.165, 1.54) is 83.5 Å². The molecule has 0 aromatic rings. The first-order valence-electron chi connectivity index (χ1n) is 36.2. The Morgan fingerprint density at radius 3 is 0.914 bits per heavy atom. The maximum Gasteiger partial charge on any atom is 0.472 e. The van der Waals surface area contributed by atoms with Crippen LogP contribution in [0.15, 0.2) is 109 Å². The second-order valence-corrected chi connectivity index (χ2v) is 26.9. The van der Waals surface area contributed by atoms with Crippen LogP contribution in [-0.4, -0.2) is 95.9 Å². The SMILES string of the molecule is CC/C=C\C/C=C\C/C=C\C/C=C\C/C=C\CCCCCCCCCCCCCC(=O)OCC(O)COP(=O)(O)OCC(O)COP(=O)(O)OCC(COC(=O)CCCCCCC/C=C\C/C=C\C/C=C\CC)OC(=O)CCCCCCC/C=C\CCCCCCCC. The lowest BCUT2D eigenvalue weighted by molar-refractivity contribution is -0.161. The second-order valence-electron chi connectivity index (χ2n) is 24.0. The highest BCUT2D eigenvalue weighted by molar-refractivity contribution is 7.47. The zero-order valence-electron chi connectivity index (χ0n) is 58.1. The molecule has 0 aliphatic rings. The van der Waals surface area contributed by atoms with Gasteiger partial charge in [0.2, 0.25) is 0 Å². The molecule has 0 aromatic carbocycles. The normalized spacial score (nSPS) is 14.8. The van der Waals surface area contributed by atoms with Gasteiger partial charge in [0.15, 0.2) is 6.10 Å². The monoisotopic (exact) mass is 1350 g/mol. The van der Waals surface area contributed by atoms with Gasteiger partial charge in [-0.25, -0.2) is 9.13 Å². The van der Waals surface area contributed by atoms with Crippen LogP contribution in [0.1, 0.15) is 290 Å². The number of unbranched alkanes of at least 4 members (excludes halogenated alkanes) is 27. The highest BCUT2D eigenvalue weighted by Crippen LogP contribution is 2.45. The van der Waals surface area contributed by atoms with Gasteiger partial charge in [-0.1, -0.05) is 259 Å². The number of carbonyl (C=O) groups excluding carboxylic acids is 3. The molecule has 0 amide bonds. The fourth-order valence-corrected chi connectivity index (χ4v) is 11.1. The molecular weight excluding hydrogens is 1220 g/mol. The molecule has 0 aromatic heterocycles. The Balaban J connectivity index is 4.53. The van der Waals surface area contributed by atoms with Gasteiger partial charge < -0.3 is 34.2 Å². The number of phosphoric acid groups is 2. The predicted molar refractivity (Wildman–Crippen MR) is 380 cm³/mol. The van der Waals surface area contributed by atoms with Gasteiger partial charge in [-0.05, 0) is 122 Å². The molecule has 0 fully saturated rings. The number of ether oxygens (including phenoxy) is 3. The van der Waals surface area contributed by atoms with Crippen molar-refractivity contribution in [2.45, 2.75) is 309 Å². The maximum atomic E-state index is 12.9. The van der Waals surface area contributed by atoms with E-state index in [0.29, 0.717) is 19.3 Å². The molecule has 0 aliphatic carbocycles. The van der Waals surface area contributed by atoms with Crippen LogP contribution in [0.25, 0.3) is 0 Å². The van der Waals surface area contributed by atoms with Gasteiger partial charge in [0, 0.05) is 19.3 Å². The lowest BCUT2D eigenvalue weighted by Gasteiger charge is -2.21. The van der Waals surface area contributed by atoms with Gasteiger partial charge in [-0.3, -0.25) is 32.5 Å². The molecule has 536 valence electrons. The third-order valence-corrected chi connectivity index (χ3v) is 16.9. The largest absolute Gasteiger partial charge is 0.472 e. The van der Waals surface area contributed by atoms with Crippen molar-refractivity contribution in [1.82, 2.24) is 0 Å². The van der Waals surface area contributed by atoms with Gasteiger partial charge >= 0.3 is 33.6 Å². The van der Waals surface area contributed by atoms with Crippen LogP contribution in [0.3, 0.4) is 0 Å². The maximum absolute atomic E-state index is 12.9.